The van der Waals surface area contributed by atoms with Crippen LogP contribution in [0.5, 0.6) is 11.5 Å². The predicted molar refractivity (Wildman–Crippen MR) is 93.0 cm³/mol. The molecule has 1 amide bonds. The molecular formula is C17H19N5O4. The number of hydrogen-bond donors (Lipinski definition) is 1. The highest BCUT2D eigenvalue weighted by Crippen LogP contribution is 2.25. The van der Waals surface area contributed by atoms with Gasteiger partial charge in [-0.25, -0.2) is 0 Å². The predicted octanol–water partition coefficient (Wildman–Crippen LogP) is 2.54. The average molecular weight is 357 g/mol. The van der Waals surface area contributed by atoms with Gasteiger partial charge < -0.3 is 13.9 Å². The Morgan fingerprint density at radius 3 is 2.69 bits per heavy atom. The molecule has 0 saturated carbocycles. The van der Waals surface area contributed by atoms with Crippen LogP contribution in [0.4, 0.5) is 6.01 Å². The van der Waals surface area contributed by atoms with Gasteiger partial charge in [-0.15, -0.1) is 5.10 Å². The molecule has 0 aliphatic heterocycles. The summed E-state index contributed by atoms with van der Waals surface area (Å²) >= 11 is 0. The van der Waals surface area contributed by atoms with E-state index in [1.807, 2.05) is 26.1 Å². The largest absolute Gasteiger partial charge is 0.493 e. The third-order valence-corrected chi connectivity index (χ3v) is 3.46. The van der Waals surface area contributed by atoms with E-state index < -0.39 is 5.91 Å². The maximum atomic E-state index is 12.0. The second-order valence-electron chi connectivity index (χ2n) is 5.67. The summed E-state index contributed by atoms with van der Waals surface area (Å²) in [6, 6.07) is 9.02. The topological polar surface area (TPSA) is 104 Å². The SMILES string of the molecule is COc1ccccc1OCC(=O)Nc1nnc(-c2ccn(C(C)C)n2)o1. The highest BCUT2D eigenvalue weighted by atomic mass is 16.5. The zero-order valence-electron chi connectivity index (χ0n) is 14.7. The van der Waals surface area contributed by atoms with Crippen molar-refractivity contribution in [3.05, 3.63) is 36.5 Å². The molecule has 1 N–H and O–H groups in total. The molecule has 0 atom stereocenters. The number of nitrogens with zero attached hydrogens (tertiary/aromatic N) is 4. The van der Waals surface area contributed by atoms with Gasteiger partial charge in [-0.2, -0.15) is 5.10 Å². The van der Waals surface area contributed by atoms with Crippen LogP contribution in [-0.4, -0.2) is 39.6 Å². The quantitative estimate of drug-likeness (QED) is 0.693. The van der Waals surface area contributed by atoms with Gasteiger partial charge in [0.25, 0.3) is 11.8 Å². The lowest BCUT2D eigenvalue weighted by Crippen LogP contribution is -2.20. The van der Waals surface area contributed by atoms with Crippen molar-refractivity contribution in [2.24, 2.45) is 0 Å². The van der Waals surface area contributed by atoms with Crippen molar-refractivity contribution < 1.29 is 18.7 Å². The summed E-state index contributed by atoms with van der Waals surface area (Å²) in [4.78, 5) is 12.0. The molecule has 9 nitrogen and oxygen atoms in total. The molecule has 0 aliphatic rings. The maximum Gasteiger partial charge on any atom is 0.322 e. The summed E-state index contributed by atoms with van der Waals surface area (Å²) in [6.45, 7) is 3.80. The van der Waals surface area contributed by atoms with Crippen molar-refractivity contribution in [3.8, 4) is 23.1 Å². The first kappa shape index (κ1) is 17.5. The Bertz CT molecular complexity index is 887. The van der Waals surface area contributed by atoms with Crippen LogP contribution >= 0.6 is 0 Å². The van der Waals surface area contributed by atoms with Crippen LogP contribution in [0.3, 0.4) is 0 Å². The van der Waals surface area contributed by atoms with E-state index in [1.54, 1.807) is 28.9 Å². The molecule has 0 bridgehead atoms. The number of rotatable bonds is 7. The fourth-order valence-corrected chi connectivity index (χ4v) is 2.15. The summed E-state index contributed by atoms with van der Waals surface area (Å²) in [5.74, 6) is 0.806. The lowest BCUT2D eigenvalue weighted by atomic mass is 10.3. The van der Waals surface area contributed by atoms with Gasteiger partial charge >= 0.3 is 6.01 Å². The minimum Gasteiger partial charge on any atom is -0.493 e. The first-order chi connectivity index (χ1) is 12.6. The normalized spacial score (nSPS) is 10.8. The number of carbonyl (C=O) groups excluding carboxylic acids is 1. The van der Waals surface area contributed by atoms with E-state index in [1.165, 1.54) is 7.11 Å². The molecule has 0 aliphatic carbocycles. The number of anilines is 1. The number of ether oxygens (including phenoxy) is 2. The van der Waals surface area contributed by atoms with E-state index in [2.05, 4.69) is 20.6 Å². The first-order valence-corrected chi connectivity index (χ1v) is 8.01. The second-order valence-corrected chi connectivity index (χ2v) is 5.67. The fraction of sp³-hybridized carbons (Fsp3) is 0.294. The molecule has 0 radical (unpaired) electrons. The lowest BCUT2D eigenvalue weighted by molar-refractivity contribution is -0.118. The van der Waals surface area contributed by atoms with Crippen molar-refractivity contribution in [1.29, 1.82) is 0 Å². The van der Waals surface area contributed by atoms with Gasteiger partial charge in [-0.3, -0.25) is 14.8 Å². The molecule has 3 aromatic rings. The van der Waals surface area contributed by atoms with Gasteiger partial charge in [-0.1, -0.05) is 17.2 Å². The molecule has 2 aromatic heterocycles. The maximum absolute atomic E-state index is 12.0. The van der Waals surface area contributed by atoms with E-state index in [4.69, 9.17) is 13.9 Å². The highest BCUT2D eigenvalue weighted by Gasteiger charge is 2.15. The van der Waals surface area contributed by atoms with Gasteiger partial charge in [0.15, 0.2) is 18.1 Å². The van der Waals surface area contributed by atoms with Gasteiger partial charge in [-0.05, 0) is 32.0 Å². The van der Waals surface area contributed by atoms with Crippen molar-refractivity contribution in [2.45, 2.75) is 19.9 Å². The third kappa shape index (κ3) is 4.00. The summed E-state index contributed by atoms with van der Waals surface area (Å²) in [5, 5.41) is 14.5. The zero-order valence-corrected chi connectivity index (χ0v) is 14.7. The Morgan fingerprint density at radius 2 is 2.00 bits per heavy atom. The summed E-state index contributed by atoms with van der Waals surface area (Å²) in [6.07, 6.45) is 1.82. The van der Waals surface area contributed by atoms with Gasteiger partial charge in [0.05, 0.1) is 7.11 Å². The monoisotopic (exact) mass is 357 g/mol. The standard InChI is InChI=1S/C17H19N5O4/c1-11(2)22-9-8-12(21-22)16-19-20-17(26-16)18-15(23)10-25-14-7-5-4-6-13(14)24-3/h4-9,11H,10H2,1-3H3,(H,18,20,23). The average Bonchev–Trinajstić information content (AvgIpc) is 3.29. The number of hydrogen-bond acceptors (Lipinski definition) is 7. The minimum absolute atomic E-state index is 0.0206. The van der Waals surface area contributed by atoms with E-state index in [9.17, 15) is 4.79 Å². The van der Waals surface area contributed by atoms with E-state index in [-0.39, 0.29) is 24.6 Å². The number of methoxy groups -OCH3 is 1. The zero-order chi connectivity index (χ0) is 18.5. The molecule has 3 rings (SSSR count). The summed E-state index contributed by atoms with van der Waals surface area (Å²) < 4.78 is 17.8. The number of amides is 1. The Morgan fingerprint density at radius 1 is 1.23 bits per heavy atom. The van der Waals surface area contributed by atoms with Crippen LogP contribution in [-0.2, 0) is 4.79 Å². The van der Waals surface area contributed by atoms with Crippen LogP contribution in [0.2, 0.25) is 0 Å². The molecular weight excluding hydrogens is 338 g/mol. The molecule has 0 unspecified atom stereocenters. The second kappa shape index (κ2) is 7.68. The molecule has 1 aromatic carbocycles. The highest BCUT2D eigenvalue weighted by molar-refractivity contribution is 5.89. The van der Waals surface area contributed by atoms with E-state index in [0.717, 1.165) is 0 Å². The minimum atomic E-state index is -0.432. The van der Waals surface area contributed by atoms with Crippen molar-refractivity contribution in [3.63, 3.8) is 0 Å². The van der Waals surface area contributed by atoms with Crippen molar-refractivity contribution in [1.82, 2.24) is 20.0 Å². The Balaban J connectivity index is 1.59. The van der Waals surface area contributed by atoms with Crippen LogP contribution in [0.25, 0.3) is 11.6 Å². The van der Waals surface area contributed by atoms with Crippen LogP contribution in [0.1, 0.15) is 19.9 Å². The molecule has 26 heavy (non-hydrogen) atoms. The molecule has 2 heterocycles. The number of nitrogens with one attached hydrogen (secondary N) is 1. The smallest absolute Gasteiger partial charge is 0.322 e. The third-order valence-electron chi connectivity index (χ3n) is 3.46. The van der Waals surface area contributed by atoms with Crippen LogP contribution in [0.15, 0.2) is 40.9 Å². The van der Waals surface area contributed by atoms with Gasteiger partial charge in [0.2, 0.25) is 0 Å². The Hall–Kier alpha value is -3.36. The van der Waals surface area contributed by atoms with E-state index >= 15 is 0 Å². The number of aromatic nitrogens is 4. The number of benzene rings is 1. The van der Waals surface area contributed by atoms with Crippen molar-refractivity contribution >= 4 is 11.9 Å². The Labute approximate surface area is 149 Å². The molecule has 0 fully saturated rings. The van der Waals surface area contributed by atoms with Crippen molar-refractivity contribution in [2.75, 3.05) is 19.0 Å². The number of para-hydroxylation sites is 2. The first-order valence-electron chi connectivity index (χ1n) is 8.01. The fourth-order valence-electron chi connectivity index (χ4n) is 2.15. The van der Waals surface area contributed by atoms with Gasteiger partial charge in [0, 0.05) is 12.2 Å². The van der Waals surface area contributed by atoms with Gasteiger partial charge in [0.1, 0.15) is 5.69 Å². The summed E-state index contributed by atoms with van der Waals surface area (Å²) in [5.41, 5.74) is 0.539. The van der Waals surface area contributed by atoms with Crippen LogP contribution in [0, 0.1) is 0 Å². The van der Waals surface area contributed by atoms with E-state index in [0.29, 0.717) is 17.2 Å². The molecule has 136 valence electrons. The molecule has 9 heteroatoms. The summed E-state index contributed by atoms with van der Waals surface area (Å²) in [7, 11) is 1.53. The molecule has 0 spiro atoms. The van der Waals surface area contributed by atoms with Crippen LogP contribution < -0.4 is 14.8 Å². The number of carbonyl (C=O) groups is 1. The molecule has 0 saturated heterocycles. The Kier molecular flexibility index (Phi) is 5.16. The lowest BCUT2D eigenvalue weighted by Gasteiger charge is -2.09.